The standard InChI is InChI=1S/C12H10F3N3O/c1-2-18-11(16-6-17-18)5-10(19)7-3-8(13)12(15)9(14)4-7/h3-4,6H,2,5H2,1H3. The molecule has 1 aromatic heterocycles. The first-order chi connectivity index (χ1) is 9.02. The maximum atomic E-state index is 13.0. The minimum atomic E-state index is -1.59. The normalized spacial score (nSPS) is 10.7. The zero-order chi connectivity index (χ0) is 14.0. The molecule has 0 aliphatic carbocycles. The highest BCUT2D eigenvalue weighted by molar-refractivity contribution is 5.97. The Hall–Kier alpha value is -2.18. The van der Waals surface area contributed by atoms with Gasteiger partial charge in [-0.2, -0.15) is 5.10 Å². The molecule has 2 rings (SSSR count). The van der Waals surface area contributed by atoms with Crippen LogP contribution in [-0.2, 0) is 13.0 Å². The van der Waals surface area contributed by atoms with Crippen LogP contribution < -0.4 is 0 Å². The Morgan fingerprint density at radius 3 is 2.47 bits per heavy atom. The van der Waals surface area contributed by atoms with Crippen molar-refractivity contribution in [1.29, 1.82) is 0 Å². The summed E-state index contributed by atoms with van der Waals surface area (Å²) in [6, 6.07) is 1.35. The molecule has 0 aliphatic heterocycles. The van der Waals surface area contributed by atoms with Crippen LogP contribution in [0.5, 0.6) is 0 Å². The van der Waals surface area contributed by atoms with Crippen molar-refractivity contribution in [3.05, 3.63) is 47.3 Å². The molecule has 0 radical (unpaired) electrons. The van der Waals surface area contributed by atoms with E-state index < -0.39 is 23.2 Å². The molecule has 1 heterocycles. The number of aromatic nitrogens is 3. The summed E-state index contributed by atoms with van der Waals surface area (Å²) < 4.78 is 40.3. The fourth-order valence-corrected chi connectivity index (χ4v) is 1.65. The number of halogens is 3. The Morgan fingerprint density at radius 1 is 1.26 bits per heavy atom. The van der Waals surface area contributed by atoms with Gasteiger partial charge in [-0.25, -0.2) is 22.8 Å². The summed E-state index contributed by atoms with van der Waals surface area (Å²) in [5, 5.41) is 3.88. The van der Waals surface area contributed by atoms with Crippen LogP contribution >= 0.6 is 0 Å². The van der Waals surface area contributed by atoms with Crippen molar-refractivity contribution in [1.82, 2.24) is 14.8 Å². The average molecular weight is 269 g/mol. The lowest BCUT2D eigenvalue weighted by Crippen LogP contribution is -2.11. The molecule has 0 saturated heterocycles. The van der Waals surface area contributed by atoms with Gasteiger partial charge in [0.05, 0.1) is 6.42 Å². The number of hydrogen-bond donors (Lipinski definition) is 0. The molecule has 19 heavy (non-hydrogen) atoms. The van der Waals surface area contributed by atoms with Crippen LogP contribution in [0.1, 0.15) is 23.1 Å². The molecule has 0 fully saturated rings. The van der Waals surface area contributed by atoms with Gasteiger partial charge in [0.15, 0.2) is 23.2 Å². The van der Waals surface area contributed by atoms with Crippen LogP contribution in [-0.4, -0.2) is 20.5 Å². The third-order valence-electron chi connectivity index (χ3n) is 2.62. The minimum absolute atomic E-state index is 0.154. The smallest absolute Gasteiger partial charge is 0.194 e. The average Bonchev–Trinajstić information content (AvgIpc) is 2.82. The summed E-state index contributed by atoms with van der Waals surface area (Å²) in [5.41, 5.74) is -0.234. The van der Waals surface area contributed by atoms with E-state index in [1.807, 2.05) is 6.92 Å². The summed E-state index contributed by atoms with van der Waals surface area (Å²) in [6.07, 6.45) is 1.14. The van der Waals surface area contributed by atoms with Crippen LogP contribution in [0.4, 0.5) is 13.2 Å². The van der Waals surface area contributed by atoms with E-state index in [2.05, 4.69) is 10.1 Å². The highest BCUT2D eigenvalue weighted by Gasteiger charge is 2.17. The van der Waals surface area contributed by atoms with Crippen molar-refractivity contribution >= 4 is 5.78 Å². The van der Waals surface area contributed by atoms with Gasteiger partial charge in [-0.05, 0) is 19.1 Å². The van der Waals surface area contributed by atoms with E-state index in [4.69, 9.17) is 0 Å². The van der Waals surface area contributed by atoms with Gasteiger partial charge in [-0.1, -0.05) is 0 Å². The van der Waals surface area contributed by atoms with Crippen molar-refractivity contribution in [3.63, 3.8) is 0 Å². The SMILES string of the molecule is CCn1ncnc1CC(=O)c1cc(F)c(F)c(F)c1. The number of aryl methyl sites for hydroxylation is 1. The van der Waals surface area contributed by atoms with E-state index in [9.17, 15) is 18.0 Å². The number of ketones is 1. The highest BCUT2D eigenvalue weighted by atomic mass is 19.2. The van der Waals surface area contributed by atoms with Gasteiger partial charge in [0.1, 0.15) is 12.2 Å². The molecular weight excluding hydrogens is 259 g/mol. The summed E-state index contributed by atoms with van der Waals surface area (Å²) >= 11 is 0. The fourth-order valence-electron chi connectivity index (χ4n) is 1.65. The fraction of sp³-hybridized carbons (Fsp3) is 0.250. The van der Waals surface area contributed by atoms with Crippen molar-refractivity contribution < 1.29 is 18.0 Å². The zero-order valence-corrected chi connectivity index (χ0v) is 10.0. The van der Waals surface area contributed by atoms with Crippen molar-refractivity contribution in [2.45, 2.75) is 19.9 Å². The minimum Gasteiger partial charge on any atom is -0.294 e. The number of carbonyl (C=O) groups excluding carboxylic acids is 1. The maximum absolute atomic E-state index is 13.0. The van der Waals surface area contributed by atoms with Crippen LogP contribution in [0.2, 0.25) is 0 Å². The number of nitrogens with zero attached hydrogens (tertiary/aromatic N) is 3. The van der Waals surface area contributed by atoms with Gasteiger partial charge < -0.3 is 0 Å². The highest BCUT2D eigenvalue weighted by Crippen LogP contribution is 2.15. The monoisotopic (exact) mass is 269 g/mol. The predicted molar refractivity (Wildman–Crippen MR) is 60.0 cm³/mol. The summed E-state index contributed by atoms with van der Waals surface area (Å²) in [4.78, 5) is 15.7. The summed E-state index contributed by atoms with van der Waals surface area (Å²) in [6.45, 7) is 2.34. The van der Waals surface area contributed by atoms with Crippen LogP contribution in [0, 0.1) is 17.5 Å². The first-order valence-electron chi connectivity index (χ1n) is 5.57. The second-order valence-electron chi connectivity index (χ2n) is 3.85. The Labute approximate surface area is 106 Å². The second kappa shape index (κ2) is 5.21. The van der Waals surface area contributed by atoms with Gasteiger partial charge in [-0.3, -0.25) is 4.79 Å². The Bertz CT molecular complexity index is 601. The van der Waals surface area contributed by atoms with Crippen molar-refractivity contribution in [2.75, 3.05) is 0 Å². The summed E-state index contributed by atoms with van der Waals surface area (Å²) in [5.74, 6) is -4.54. The third-order valence-corrected chi connectivity index (χ3v) is 2.62. The molecule has 0 atom stereocenters. The van der Waals surface area contributed by atoms with Crippen LogP contribution in [0.15, 0.2) is 18.5 Å². The van der Waals surface area contributed by atoms with E-state index in [0.29, 0.717) is 24.5 Å². The van der Waals surface area contributed by atoms with Crippen molar-refractivity contribution in [3.8, 4) is 0 Å². The van der Waals surface area contributed by atoms with Crippen LogP contribution in [0.3, 0.4) is 0 Å². The predicted octanol–water partition coefficient (Wildman–Crippen LogP) is 2.14. The Morgan fingerprint density at radius 2 is 1.89 bits per heavy atom. The molecular formula is C12H10F3N3O. The quantitative estimate of drug-likeness (QED) is 0.631. The first-order valence-corrected chi connectivity index (χ1v) is 5.57. The zero-order valence-electron chi connectivity index (χ0n) is 10.0. The van der Waals surface area contributed by atoms with Gasteiger partial charge in [0, 0.05) is 12.1 Å². The van der Waals surface area contributed by atoms with Gasteiger partial charge in [-0.15, -0.1) is 0 Å². The number of Topliss-reactive ketones (excluding diaryl/α,β-unsaturated/α-hetero) is 1. The number of benzene rings is 1. The van der Waals surface area contributed by atoms with E-state index in [1.165, 1.54) is 11.0 Å². The molecule has 0 aliphatic rings. The molecule has 0 unspecified atom stereocenters. The lowest BCUT2D eigenvalue weighted by Gasteiger charge is -2.04. The second-order valence-corrected chi connectivity index (χ2v) is 3.85. The number of rotatable bonds is 4. The first kappa shape index (κ1) is 13.3. The molecule has 100 valence electrons. The maximum Gasteiger partial charge on any atom is 0.194 e. The van der Waals surface area contributed by atoms with E-state index in [1.54, 1.807) is 0 Å². The molecule has 0 N–H and O–H groups in total. The molecule has 2 aromatic rings. The van der Waals surface area contributed by atoms with Gasteiger partial charge >= 0.3 is 0 Å². The Balaban J connectivity index is 2.26. The largest absolute Gasteiger partial charge is 0.294 e. The lowest BCUT2D eigenvalue weighted by atomic mass is 10.1. The van der Waals surface area contributed by atoms with E-state index in [-0.39, 0.29) is 12.0 Å². The lowest BCUT2D eigenvalue weighted by molar-refractivity contribution is 0.0988. The molecule has 1 aromatic carbocycles. The third kappa shape index (κ3) is 2.64. The van der Waals surface area contributed by atoms with Crippen LogP contribution in [0.25, 0.3) is 0 Å². The topological polar surface area (TPSA) is 47.8 Å². The molecule has 0 bridgehead atoms. The van der Waals surface area contributed by atoms with E-state index >= 15 is 0 Å². The molecule has 0 amide bonds. The summed E-state index contributed by atoms with van der Waals surface area (Å²) in [7, 11) is 0. The number of hydrogen-bond acceptors (Lipinski definition) is 3. The Kier molecular flexibility index (Phi) is 3.64. The molecule has 4 nitrogen and oxygen atoms in total. The van der Waals surface area contributed by atoms with E-state index in [0.717, 1.165) is 0 Å². The van der Waals surface area contributed by atoms with Gasteiger partial charge in [0.25, 0.3) is 0 Å². The number of carbonyl (C=O) groups is 1. The van der Waals surface area contributed by atoms with Gasteiger partial charge in [0.2, 0.25) is 0 Å². The molecule has 0 saturated carbocycles. The molecule has 0 spiro atoms. The molecule has 7 heteroatoms. The van der Waals surface area contributed by atoms with Crippen molar-refractivity contribution in [2.24, 2.45) is 0 Å².